The molecule has 1 aliphatic rings. The largest absolute Gasteiger partial charge is 0.493 e. The van der Waals surface area contributed by atoms with Crippen molar-refractivity contribution in [3.05, 3.63) is 12.1 Å². The van der Waals surface area contributed by atoms with Crippen LogP contribution in [0.1, 0.15) is 0 Å². The van der Waals surface area contributed by atoms with Crippen LogP contribution in [0, 0.1) is 0 Å². The van der Waals surface area contributed by atoms with Crippen LogP contribution in [0.5, 0.6) is 17.2 Å². The summed E-state index contributed by atoms with van der Waals surface area (Å²) < 4.78 is 21.3. The van der Waals surface area contributed by atoms with Gasteiger partial charge in [-0.2, -0.15) is 0 Å². The summed E-state index contributed by atoms with van der Waals surface area (Å²) in [5.74, 6) is 1.93. The van der Waals surface area contributed by atoms with E-state index >= 15 is 0 Å². The van der Waals surface area contributed by atoms with Crippen LogP contribution in [0.2, 0.25) is 0 Å². The van der Waals surface area contributed by atoms with Gasteiger partial charge in [0.1, 0.15) is 0 Å². The van der Waals surface area contributed by atoms with Crippen molar-refractivity contribution in [3.63, 3.8) is 0 Å². The third-order valence-corrected chi connectivity index (χ3v) is 3.53. The van der Waals surface area contributed by atoms with Gasteiger partial charge in [-0.25, -0.2) is 0 Å². The number of ether oxygens (including phenoxy) is 4. The maximum atomic E-state index is 5.34. The summed E-state index contributed by atoms with van der Waals surface area (Å²) in [6.45, 7) is 5.49. The van der Waals surface area contributed by atoms with E-state index < -0.39 is 0 Å². The van der Waals surface area contributed by atoms with E-state index in [0.29, 0.717) is 17.2 Å². The number of anilines is 1. The Kier molecular flexibility index (Phi) is 8.16. The molecule has 2 rings (SSSR count). The van der Waals surface area contributed by atoms with Gasteiger partial charge >= 0.3 is 0 Å². The molecular weight excluding hydrogens is 308 g/mol. The Balaban J connectivity index is 0.00000242. The van der Waals surface area contributed by atoms with Gasteiger partial charge in [-0.15, -0.1) is 12.4 Å². The third kappa shape index (κ3) is 4.83. The predicted octanol–water partition coefficient (Wildman–Crippen LogP) is 1.88. The number of hydrogen-bond donors (Lipinski definition) is 1. The van der Waals surface area contributed by atoms with Crippen LogP contribution in [0.25, 0.3) is 0 Å². The average molecular weight is 333 g/mol. The summed E-state index contributed by atoms with van der Waals surface area (Å²) in [4.78, 5) is 2.38. The molecule has 22 heavy (non-hydrogen) atoms. The first-order valence-corrected chi connectivity index (χ1v) is 7.12. The van der Waals surface area contributed by atoms with Gasteiger partial charge < -0.3 is 24.3 Å². The predicted molar refractivity (Wildman–Crippen MR) is 89.1 cm³/mol. The molecule has 1 N–H and O–H groups in total. The fraction of sp³-hybridized carbons (Fsp3) is 0.600. The van der Waals surface area contributed by atoms with Crippen LogP contribution in [0.4, 0.5) is 5.69 Å². The zero-order chi connectivity index (χ0) is 15.1. The maximum absolute atomic E-state index is 5.34. The van der Waals surface area contributed by atoms with Gasteiger partial charge in [0.2, 0.25) is 5.75 Å². The highest BCUT2D eigenvalue weighted by Gasteiger charge is 2.13. The molecule has 7 heteroatoms. The minimum atomic E-state index is 0. The molecule has 6 nitrogen and oxygen atoms in total. The van der Waals surface area contributed by atoms with Crippen molar-refractivity contribution in [2.24, 2.45) is 0 Å². The van der Waals surface area contributed by atoms with Gasteiger partial charge in [-0.05, 0) is 0 Å². The van der Waals surface area contributed by atoms with E-state index in [4.69, 9.17) is 18.9 Å². The zero-order valence-electron chi connectivity index (χ0n) is 13.4. The second-order valence-corrected chi connectivity index (χ2v) is 4.79. The Hall–Kier alpha value is -1.37. The molecule has 0 unspecified atom stereocenters. The van der Waals surface area contributed by atoms with Crippen molar-refractivity contribution in [2.45, 2.75) is 0 Å². The van der Waals surface area contributed by atoms with Crippen molar-refractivity contribution < 1.29 is 18.9 Å². The Morgan fingerprint density at radius 1 is 1.05 bits per heavy atom. The second kappa shape index (κ2) is 9.61. The molecule has 1 aromatic carbocycles. The van der Waals surface area contributed by atoms with Crippen LogP contribution in [0.3, 0.4) is 0 Å². The minimum absolute atomic E-state index is 0. The smallest absolute Gasteiger partial charge is 0.203 e. The standard InChI is InChI=1S/C15H24N2O4.ClH/c1-18-13-10-12(11-14(19-2)15(13)20-3)16-4-5-17-6-8-21-9-7-17;/h10-11,16H,4-9H2,1-3H3;1H. The fourth-order valence-electron chi connectivity index (χ4n) is 2.37. The number of nitrogens with zero attached hydrogens (tertiary/aromatic N) is 1. The average Bonchev–Trinajstić information content (AvgIpc) is 2.54. The molecule has 126 valence electrons. The molecule has 0 aromatic heterocycles. The van der Waals surface area contributed by atoms with E-state index in [2.05, 4.69) is 10.2 Å². The Morgan fingerprint density at radius 3 is 2.14 bits per heavy atom. The van der Waals surface area contributed by atoms with Gasteiger partial charge in [0.25, 0.3) is 0 Å². The summed E-state index contributed by atoms with van der Waals surface area (Å²) in [6, 6.07) is 3.83. The van der Waals surface area contributed by atoms with Gasteiger partial charge in [0.15, 0.2) is 11.5 Å². The summed E-state index contributed by atoms with van der Waals surface area (Å²) in [7, 11) is 4.84. The van der Waals surface area contributed by atoms with Crippen molar-refractivity contribution >= 4 is 18.1 Å². The highest BCUT2D eigenvalue weighted by atomic mass is 35.5. The number of hydrogen-bond acceptors (Lipinski definition) is 6. The van der Waals surface area contributed by atoms with Crippen LogP contribution < -0.4 is 19.5 Å². The summed E-state index contributed by atoms with van der Waals surface area (Å²) in [6.07, 6.45) is 0. The number of nitrogens with one attached hydrogen (secondary N) is 1. The monoisotopic (exact) mass is 332 g/mol. The first kappa shape index (κ1) is 18.7. The number of benzene rings is 1. The highest BCUT2D eigenvalue weighted by Crippen LogP contribution is 2.39. The lowest BCUT2D eigenvalue weighted by molar-refractivity contribution is 0.0398. The summed E-state index contributed by atoms with van der Waals surface area (Å²) in [5.41, 5.74) is 0.956. The second-order valence-electron chi connectivity index (χ2n) is 4.79. The lowest BCUT2D eigenvalue weighted by Gasteiger charge is -2.26. The first-order valence-electron chi connectivity index (χ1n) is 7.12. The van der Waals surface area contributed by atoms with Crippen LogP contribution in [-0.2, 0) is 4.74 Å². The molecule has 1 heterocycles. The van der Waals surface area contributed by atoms with Crippen molar-refractivity contribution in [2.75, 3.05) is 66.0 Å². The van der Waals surface area contributed by atoms with E-state index in [1.165, 1.54) is 0 Å². The number of halogens is 1. The van der Waals surface area contributed by atoms with Crippen molar-refractivity contribution in [1.29, 1.82) is 0 Å². The molecule has 0 bridgehead atoms. The highest BCUT2D eigenvalue weighted by molar-refractivity contribution is 5.85. The molecule has 1 aromatic rings. The van der Waals surface area contributed by atoms with E-state index in [9.17, 15) is 0 Å². The van der Waals surface area contributed by atoms with E-state index in [0.717, 1.165) is 45.1 Å². The van der Waals surface area contributed by atoms with Gasteiger partial charge in [-0.1, -0.05) is 0 Å². The lowest BCUT2D eigenvalue weighted by atomic mass is 10.2. The van der Waals surface area contributed by atoms with Gasteiger partial charge in [0, 0.05) is 44.0 Å². The lowest BCUT2D eigenvalue weighted by Crippen LogP contribution is -2.39. The van der Waals surface area contributed by atoms with E-state index in [1.54, 1.807) is 21.3 Å². The molecule has 1 saturated heterocycles. The molecular formula is C15H25ClN2O4. The normalized spacial score (nSPS) is 14.9. The topological polar surface area (TPSA) is 52.2 Å². The van der Waals surface area contributed by atoms with E-state index in [1.807, 2.05) is 12.1 Å². The Morgan fingerprint density at radius 2 is 1.64 bits per heavy atom. The molecule has 0 radical (unpaired) electrons. The molecule has 0 atom stereocenters. The zero-order valence-corrected chi connectivity index (χ0v) is 14.2. The minimum Gasteiger partial charge on any atom is -0.493 e. The number of morpholine rings is 1. The summed E-state index contributed by atoms with van der Waals surface area (Å²) in [5, 5.41) is 3.39. The quantitative estimate of drug-likeness (QED) is 0.823. The number of rotatable bonds is 7. The molecule has 0 aliphatic carbocycles. The SMILES string of the molecule is COc1cc(NCCN2CCOCC2)cc(OC)c1OC.Cl. The number of methoxy groups -OCH3 is 3. The molecule has 1 fully saturated rings. The molecule has 0 spiro atoms. The third-order valence-electron chi connectivity index (χ3n) is 3.53. The van der Waals surface area contributed by atoms with Crippen molar-refractivity contribution in [3.8, 4) is 17.2 Å². The van der Waals surface area contributed by atoms with Crippen LogP contribution in [-0.4, -0.2) is 65.6 Å². The Bertz CT molecular complexity index is 428. The molecule has 1 aliphatic heterocycles. The first-order chi connectivity index (χ1) is 10.3. The van der Waals surface area contributed by atoms with Gasteiger partial charge in [-0.3, -0.25) is 4.90 Å². The van der Waals surface area contributed by atoms with Crippen molar-refractivity contribution in [1.82, 2.24) is 4.90 Å². The molecule has 0 amide bonds. The fourth-order valence-corrected chi connectivity index (χ4v) is 2.37. The Labute approximate surface area is 138 Å². The molecule has 0 saturated carbocycles. The maximum Gasteiger partial charge on any atom is 0.203 e. The van der Waals surface area contributed by atoms with Crippen LogP contribution in [0.15, 0.2) is 12.1 Å². The van der Waals surface area contributed by atoms with Gasteiger partial charge in [0.05, 0.1) is 34.5 Å². The van der Waals surface area contributed by atoms with Crippen LogP contribution >= 0.6 is 12.4 Å². The summed E-state index contributed by atoms with van der Waals surface area (Å²) >= 11 is 0. The van der Waals surface area contributed by atoms with E-state index in [-0.39, 0.29) is 12.4 Å².